The van der Waals surface area contributed by atoms with E-state index in [0.29, 0.717) is 13.1 Å². The second-order valence-electron chi connectivity index (χ2n) is 5.15. The summed E-state index contributed by atoms with van der Waals surface area (Å²) >= 11 is 0. The quantitative estimate of drug-likeness (QED) is 0.617. The molecule has 0 N–H and O–H groups in total. The zero-order valence-electron chi connectivity index (χ0n) is 12.8. The van der Waals surface area contributed by atoms with Crippen LogP contribution in [-0.4, -0.2) is 12.4 Å². The summed E-state index contributed by atoms with van der Waals surface area (Å²) in [7, 11) is 0. The maximum Gasteiger partial charge on any atom is 0.145 e. The normalized spacial score (nSPS) is 11.5. The van der Waals surface area contributed by atoms with Crippen molar-refractivity contribution in [1.29, 1.82) is 0 Å². The van der Waals surface area contributed by atoms with Crippen LogP contribution in [0.5, 0.6) is 0 Å². The second-order valence-corrected chi connectivity index (χ2v) is 5.15. The first kappa shape index (κ1) is 15.0. The van der Waals surface area contributed by atoms with Gasteiger partial charge in [-0.1, -0.05) is 60.7 Å². The zero-order chi connectivity index (χ0) is 15.7. The lowest BCUT2D eigenvalue weighted by atomic mass is 10.2. The molecule has 0 aliphatic rings. The summed E-state index contributed by atoms with van der Waals surface area (Å²) in [4.78, 5) is 8.78. The Morgan fingerprint density at radius 3 is 1.48 bits per heavy atom. The molecule has 3 aromatic rings. The van der Waals surface area contributed by atoms with E-state index in [9.17, 15) is 0 Å². The fraction of sp³-hybridized carbons (Fsp3) is 0.100. The maximum absolute atomic E-state index is 5.66. The summed E-state index contributed by atoms with van der Waals surface area (Å²) in [5.74, 6) is 1.48. The highest BCUT2D eigenvalue weighted by atomic mass is 16.3. The predicted molar refractivity (Wildman–Crippen MR) is 94.2 cm³/mol. The highest BCUT2D eigenvalue weighted by Gasteiger charge is 1.97. The summed E-state index contributed by atoms with van der Waals surface area (Å²) in [6.45, 7) is 1.30. The lowest BCUT2D eigenvalue weighted by molar-refractivity contribution is 0.553. The third kappa shape index (κ3) is 4.78. The highest BCUT2D eigenvalue weighted by molar-refractivity contribution is 5.80. The van der Waals surface area contributed by atoms with Crippen LogP contribution in [0.2, 0.25) is 0 Å². The first-order valence-corrected chi connectivity index (χ1v) is 7.57. The minimum atomic E-state index is 0.652. The van der Waals surface area contributed by atoms with E-state index in [1.807, 2.05) is 48.5 Å². The first-order chi connectivity index (χ1) is 11.4. The molecule has 0 aliphatic carbocycles. The van der Waals surface area contributed by atoms with Crippen LogP contribution < -0.4 is 0 Å². The molecule has 0 atom stereocenters. The maximum atomic E-state index is 5.66. The smallest absolute Gasteiger partial charge is 0.145 e. The van der Waals surface area contributed by atoms with Gasteiger partial charge in [0.05, 0.1) is 25.5 Å². The lowest BCUT2D eigenvalue weighted by Gasteiger charge is -1.94. The van der Waals surface area contributed by atoms with Gasteiger partial charge in [0.15, 0.2) is 0 Å². The van der Waals surface area contributed by atoms with Crippen molar-refractivity contribution in [2.45, 2.75) is 13.1 Å². The highest BCUT2D eigenvalue weighted by Crippen LogP contribution is 2.06. The Labute approximate surface area is 136 Å². The van der Waals surface area contributed by atoms with Crippen LogP contribution in [0.4, 0.5) is 0 Å². The molecule has 0 aliphatic heterocycles. The third-order valence-electron chi connectivity index (χ3n) is 3.32. The van der Waals surface area contributed by atoms with Crippen LogP contribution in [0.15, 0.2) is 87.2 Å². The minimum Gasteiger partial charge on any atom is -0.454 e. The van der Waals surface area contributed by atoms with Crippen LogP contribution in [0.3, 0.4) is 0 Å². The summed E-state index contributed by atoms with van der Waals surface area (Å²) in [5.41, 5.74) is 2.36. The third-order valence-corrected chi connectivity index (χ3v) is 3.32. The van der Waals surface area contributed by atoms with Crippen molar-refractivity contribution in [3.8, 4) is 0 Å². The van der Waals surface area contributed by atoms with E-state index >= 15 is 0 Å². The van der Waals surface area contributed by atoms with E-state index in [1.165, 1.54) is 11.1 Å². The lowest BCUT2D eigenvalue weighted by Crippen LogP contribution is -1.83. The summed E-state index contributed by atoms with van der Waals surface area (Å²) < 4.78 is 5.66. The van der Waals surface area contributed by atoms with Gasteiger partial charge in [-0.05, 0) is 23.3 Å². The Hall–Kier alpha value is -2.94. The van der Waals surface area contributed by atoms with Crippen molar-refractivity contribution in [2.75, 3.05) is 0 Å². The van der Waals surface area contributed by atoms with Gasteiger partial charge in [-0.3, -0.25) is 9.98 Å². The van der Waals surface area contributed by atoms with Gasteiger partial charge < -0.3 is 4.42 Å². The van der Waals surface area contributed by atoms with E-state index in [2.05, 4.69) is 34.3 Å². The number of benzene rings is 2. The molecule has 3 nitrogen and oxygen atoms in total. The predicted octanol–water partition coefficient (Wildman–Crippen LogP) is 4.52. The van der Waals surface area contributed by atoms with Crippen LogP contribution in [0.25, 0.3) is 0 Å². The SMILES string of the molecule is C(=N\Cc1ccccc1)/c1ccc(/C=N/Cc2ccccc2)o1. The Morgan fingerprint density at radius 2 is 1.04 bits per heavy atom. The molecule has 2 aromatic carbocycles. The topological polar surface area (TPSA) is 37.9 Å². The van der Waals surface area contributed by atoms with Crippen LogP contribution in [-0.2, 0) is 13.1 Å². The minimum absolute atomic E-state index is 0.652. The van der Waals surface area contributed by atoms with Gasteiger partial charge in [0.1, 0.15) is 11.5 Å². The fourth-order valence-corrected chi connectivity index (χ4v) is 2.16. The fourth-order valence-electron chi connectivity index (χ4n) is 2.16. The number of hydrogen-bond acceptors (Lipinski definition) is 3. The van der Waals surface area contributed by atoms with Gasteiger partial charge in [0.25, 0.3) is 0 Å². The summed E-state index contributed by atoms with van der Waals surface area (Å²) in [5, 5.41) is 0. The van der Waals surface area contributed by atoms with Crippen molar-refractivity contribution in [2.24, 2.45) is 9.98 Å². The van der Waals surface area contributed by atoms with Gasteiger partial charge >= 0.3 is 0 Å². The van der Waals surface area contributed by atoms with Crippen LogP contribution in [0, 0.1) is 0 Å². The number of aliphatic imine (C=N–C) groups is 2. The first-order valence-electron chi connectivity index (χ1n) is 7.57. The molecular formula is C20H18N2O. The molecule has 1 aromatic heterocycles. The second kappa shape index (κ2) is 7.90. The Kier molecular flexibility index (Phi) is 5.14. The number of rotatable bonds is 6. The van der Waals surface area contributed by atoms with Crippen LogP contribution >= 0.6 is 0 Å². The molecule has 0 saturated carbocycles. The monoisotopic (exact) mass is 302 g/mol. The van der Waals surface area contributed by atoms with Crippen molar-refractivity contribution in [3.05, 3.63) is 95.4 Å². The average Bonchev–Trinajstić information content (AvgIpc) is 3.05. The van der Waals surface area contributed by atoms with Crippen molar-refractivity contribution < 1.29 is 4.42 Å². The Morgan fingerprint density at radius 1 is 0.609 bits per heavy atom. The van der Waals surface area contributed by atoms with E-state index in [-0.39, 0.29) is 0 Å². The largest absolute Gasteiger partial charge is 0.454 e. The molecule has 0 unspecified atom stereocenters. The van der Waals surface area contributed by atoms with Crippen molar-refractivity contribution in [1.82, 2.24) is 0 Å². The van der Waals surface area contributed by atoms with Gasteiger partial charge in [-0.2, -0.15) is 0 Å². The molecule has 0 fully saturated rings. The molecule has 23 heavy (non-hydrogen) atoms. The standard InChI is InChI=1S/C20H18N2O/c1-3-7-17(8-4-1)13-21-15-19-11-12-20(23-19)16-22-14-18-9-5-2-6-10-18/h1-12,15-16H,13-14H2/b21-15+,22-16+. The average molecular weight is 302 g/mol. The molecule has 0 radical (unpaired) electrons. The van der Waals surface area contributed by atoms with E-state index in [4.69, 9.17) is 4.42 Å². The molecular weight excluding hydrogens is 284 g/mol. The van der Waals surface area contributed by atoms with Crippen molar-refractivity contribution in [3.63, 3.8) is 0 Å². The number of nitrogens with zero attached hydrogens (tertiary/aromatic N) is 2. The zero-order valence-corrected chi connectivity index (χ0v) is 12.8. The van der Waals surface area contributed by atoms with E-state index < -0.39 is 0 Å². The Balaban J connectivity index is 1.53. The van der Waals surface area contributed by atoms with Gasteiger partial charge in [-0.25, -0.2) is 0 Å². The van der Waals surface area contributed by atoms with E-state index in [0.717, 1.165) is 11.5 Å². The molecule has 114 valence electrons. The molecule has 0 bridgehead atoms. The summed E-state index contributed by atoms with van der Waals surface area (Å²) in [6, 6.07) is 24.1. The van der Waals surface area contributed by atoms with Crippen molar-refractivity contribution >= 4 is 12.4 Å². The van der Waals surface area contributed by atoms with Gasteiger partial charge in [0, 0.05) is 0 Å². The van der Waals surface area contributed by atoms with Gasteiger partial charge in [-0.15, -0.1) is 0 Å². The van der Waals surface area contributed by atoms with Gasteiger partial charge in [0.2, 0.25) is 0 Å². The molecule has 1 heterocycles. The Bertz CT molecular complexity index is 708. The molecule has 0 spiro atoms. The number of furan rings is 1. The molecule has 0 amide bonds. The molecule has 3 heteroatoms. The van der Waals surface area contributed by atoms with E-state index in [1.54, 1.807) is 12.4 Å². The molecule has 3 rings (SSSR count). The number of hydrogen-bond donors (Lipinski definition) is 0. The summed E-state index contributed by atoms with van der Waals surface area (Å²) in [6.07, 6.45) is 3.50. The molecule has 0 saturated heterocycles. The van der Waals surface area contributed by atoms with Crippen LogP contribution in [0.1, 0.15) is 22.6 Å².